The van der Waals surface area contributed by atoms with E-state index < -0.39 is 0 Å². The van der Waals surface area contributed by atoms with E-state index in [0.29, 0.717) is 40.0 Å². The Balaban J connectivity index is 1.77. The molecule has 1 N–H and O–H groups in total. The molecule has 0 unspecified atom stereocenters. The lowest BCUT2D eigenvalue weighted by molar-refractivity contribution is -0.111. The highest BCUT2D eigenvalue weighted by Gasteiger charge is 2.11. The molecule has 0 heterocycles. The second-order valence-electron chi connectivity index (χ2n) is 6.18. The quantitative estimate of drug-likeness (QED) is 0.525. The summed E-state index contributed by atoms with van der Waals surface area (Å²) in [6.07, 6.45) is 3.07. The van der Waals surface area contributed by atoms with Gasteiger partial charge in [0.25, 0.3) is 0 Å². The molecule has 6 heteroatoms. The van der Waals surface area contributed by atoms with Crippen LogP contribution in [-0.2, 0) is 4.79 Å². The molecule has 0 aromatic heterocycles. The number of carbonyl (C=O) groups excluding carboxylic acids is 1. The minimum atomic E-state index is -0.309. The van der Waals surface area contributed by atoms with Crippen LogP contribution in [0, 0.1) is 0 Å². The first-order chi connectivity index (χ1) is 14.6. The van der Waals surface area contributed by atoms with Crippen LogP contribution in [0.4, 0.5) is 5.69 Å². The van der Waals surface area contributed by atoms with Gasteiger partial charge in [0.1, 0.15) is 11.5 Å². The van der Waals surface area contributed by atoms with Gasteiger partial charge in [0.2, 0.25) is 5.91 Å². The van der Waals surface area contributed by atoms with E-state index in [4.69, 9.17) is 18.9 Å². The number of carbonyl (C=O) groups is 1. The van der Waals surface area contributed by atoms with Gasteiger partial charge in [0.05, 0.1) is 27.0 Å². The van der Waals surface area contributed by atoms with Crippen molar-refractivity contribution in [1.29, 1.82) is 0 Å². The SMILES string of the molecule is COc1cc(OC)c(OC)cc1/C=C/C(=O)Nc1ccccc1Oc1ccccc1. The maximum absolute atomic E-state index is 12.5. The predicted molar refractivity (Wildman–Crippen MR) is 117 cm³/mol. The van der Waals surface area contributed by atoms with Gasteiger partial charge in [0.15, 0.2) is 17.2 Å². The zero-order valence-corrected chi connectivity index (χ0v) is 17.0. The Morgan fingerprint density at radius 3 is 2.10 bits per heavy atom. The lowest BCUT2D eigenvalue weighted by Crippen LogP contribution is -2.08. The normalized spacial score (nSPS) is 10.5. The zero-order chi connectivity index (χ0) is 21.3. The second-order valence-corrected chi connectivity index (χ2v) is 6.18. The topological polar surface area (TPSA) is 66.0 Å². The van der Waals surface area contributed by atoms with Crippen LogP contribution in [0.5, 0.6) is 28.7 Å². The summed E-state index contributed by atoms with van der Waals surface area (Å²) in [5.74, 6) is 2.57. The Morgan fingerprint density at radius 2 is 1.40 bits per heavy atom. The fraction of sp³-hybridized carbons (Fsp3) is 0.125. The van der Waals surface area contributed by atoms with E-state index in [9.17, 15) is 4.79 Å². The predicted octanol–water partition coefficient (Wildman–Crippen LogP) is 5.16. The number of para-hydroxylation sites is 3. The number of nitrogens with one attached hydrogen (secondary N) is 1. The van der Waals surface area contributed by atoms with Crippen LogP contribution in [-0.4, -0.2) is 27.2 Å². The Labute approximate surface area is 175 Å². The maximum atomic E-state index is 12.5. The van der Waals surface area contributed by atoms with Gasteiger partial charge in [0, 0.05) is 17.7 Å². The Morgan fingerprint density at radius 1 is 0.767 bits per heavy atom. The summed E-state index contributed by atoms with van der Waals surface area (Å²) in [6.45, 7) is 0. The van der Waals surface area contributed by atoms with E-state index in [1.54, 1.807) is 51.7 Å². The van der Waals surface area contributed by atoms with Crippen LogP contribution in [0.15, 0.2) is 72.8 Å². The monoisotopic (exact) mass is 405 g/mol. The molecule has 6 nitrogen and oxygen atoms in total. The zero-order valence-electron chi connectivity index (χ0n) is 17.0. The molecule has 0 fully saturated rings. The number of amides is 1. The molecule has 30 heavy (non-hydrogen) atoms. The fourth-order valence-corrected chi connectivity index (χ4v) is 2.80. The third-order valence-corrected chi connectivity index (χ3v) is 4.27. The molecule has 3 aromatic carbocycles. The van der Waals surface area contributed by atoms with Crippen LogP contribution >= 0.6 is 0 Å². The van der Waals surface area contributed by atoms with E-state index in [1.807, 2.05) is 42.5 Å². The molecule has 0 saturated heterocycles. The lowest BCUT2D eigenvalue weighted by atomic mass is 10.1. The minimum absolute atomic E-state index is 0.309. The number of rotatable bonds is 8. The number of methoxy groups -OCH3 is 3. The summed E-state index contributed by atoms with van der Waals surface area (Å²) in [6, 6.07) is 20.1. The number of hydrogen-bond donors (Lipinski definition) is 1. The number of anilines is 1. The molecule has 0 aliphatic rings. The maximum Gasteiger partial charge on any atom is 0.248 e. The minimum Gasteiger partial charge on any atom is -0.496 e. The Kier molecular flexibility index (Phi) is 6.95. The van der Waals surface area contributed by atoms with Crippen molar-refractivity contribution < 1.29 is 23.7 Å². The van der Waals surface area contributed by atoms with Crippen molar-refractivity contribution in [2.45, 2.75) is 0 Å². The summed E-state index contributed by atoms with van der Waals surface area (Å²) < 4.78 is 21.9. The molecule has 0 radical (unpaired) electrons. The molecule has 0 bridgehead atoms. The van der Waals surface area contributed by atoms with Gasteiger partial charge in [-0.05, 0) is 36.4 Å². The molecule has 0 atom stereocenters. The Bertz CT molecular complexity index is 1030. The van der Waals surface area contributed by atoms with Crippen molar-refractivity contribution in [3.8, 4) is 28.7 Å². The molecule has 1 amide bonds. The van der Waals surface area contributed by atoms with Gasteiger partial charge < -0.3 is 24.3 Å². The number of hydrogen-bond acceptors (Lipinski definition) is 5. The molecule has 3 aromatic rings. The summed E-state index contributed by atoms with van der Waals surface area (Å²) in [5, 5.41) is 2.84. The molecular formula is C24H23NO5. The van der Waals surface area contributed by atoms with Gasteiger partial charge in [-0.15, -0.1) is 0 Å². The van der Waals surface area contributed by atoms with Crippen molar-refractivity contribution >= 4 is 17.7 Å². The Hall–Kier alpha value is -3.93. The number of benzene rings is 3. The summed E-state index contributed by atoms with van der Waals surface area (Å²) in [5.41, 5.74) is 1.24. The molecule has 154 valence electrons. The van der Waals surface area contributed by atoms with E-state index in [1.165, 1.54) is 6.08 Å². The molecule has 0 aliphatic heterocycles. The van der Waals surface area contributed by atoms with Gasteiger partial charge in [-0.1, -0.05) is 30.3 Å². The largest absolute Gasteiger partial charge is 0.496 e. The average Bonchev–Trinajstić information content (AvgIpc) is 2.79. The highest BCUT2D eigenvalue weighted by atomic mass is 16.5. The van der Waals surface area contributed by atoms with Gasteiger partial charge in [-0.2, -0.15) is 0 Å². The molecular weight excluding hydrogens is 382 g/mol. The molecule has 0 spiro atoms. The van der Waals surface area contributed by atoms with Crippen LogP contribution in [0.25, 0.3) is 6.08 Å². The van der Waals surface area contributed by atoms with E-state index in [0.717, 1.165) is 0 Å². The van der Waals surface area contributed by atoms with Gasteiger partial charge in [-0.25, -0.2) is 0 Å². The standard InChI is InChI=1S/C24H23NO5/c1-27-21-16-23(29-3)22(28-2)15-17(21)13-14-24(26)25-19-11-7-8-12-20(19)30-18-9-5-4-6-10-18/h4-16H,1-3H3,(H,25,26)/b14-13+. The highest BCUT2D eigenvalue weighted by molar-refractivity contribution is 6.03. The van der Waals surface area contributed by atoms with Crippen molar-refractivity contribution in [2.24, 2.45) is 0 Å². The number of ether oxygens (including phenoxy) is 4. The summed E-state index contributed by atoms with van der Waals surface area (Å²) in [7, 11) is 4.65. The molecule has 3 rings (SSSR count). The van der Waals surface area contributed by atoms with Gasteiger partial charge >= 0.3 is 0 Å². The van der Waals surface area contributed by atoms with E-state index in [-0.39, 0.29) is 5.91 Å². The van der Waals surface area contributed by atoms with Gasteiger partial charge in [-0.3, -0.25) is 4.79 Å². The van der Waals surface area contributed by atoms with E-state index >= 15 is 0 Å². The third-order valence-electron chi connectivity index (χ3n) is 4.27. The first kappa shape index (κ1) is 20.8. The van der Waals surface area contributed by atoms with Crippen LogP contribution < -0.4 is 24.3 Å². The smallest absolute Gasteiger partial charge is 0.248 e. The van der Waals surface area contributed by atoms with Crippen molar-refractivity contribution in [2.75, 3.05) is 26.6 Å². The van der Waals surface area contributed by atoms with Crippen molar-refractivity contribution in [1.82, 2.24) is 0 Å². The fourth-order valence-electron chi connectivity index (χ4n) is 2.80. The van der Waals surface area contributed by atoms with Crippen molar-refractivity contribution in [3.05, 3.63) is 78.4 Å². The van der Waals surface area contributed by atoms with Crippen molar-refractivity contribution in [3.63, 3.8) is 0 Å². The summed E-state index contributed by atoms with van der Waals surface area (Å²) >= 11 is 0. The lowest BCUT2D eigenvalue weighted by Gasteiger charge is -2.12. The van der Waals surface area contributed by atoms with Crippen LogP contribution in [0.3, 0.4) is 0 Å². The highest BCUT2D eigenvalue weighted by Crippen LogP contribution is 2.35. The first-order valence-electron chi connectivity index (χ1n) is 9.25. The first-order valence-corrected chi connectivity index (χ1v) is 9.25. The van der Waals surface area contributed by atoms with E-state index in [2.05, 4.69) is 5.32 Å². The average molecular weight is 405 g/mol. The second kappa shape index (κ2) is 10.0. The van der Waals surface area contributed by atoms with Crippen LogP contribution in [0.1, 0.15) is 5.56 Å². The third kappa shape index (κ3) is 5.11. The molecule has 0 saturated carbocycles. The molecule has 0 aliphatic carbocycles. The summed E-state index contributed by atoms with van der Waals surface area (Å²) in [4.78, 5) is 12.5. The van der Waals surface area contributed by atoms with Crippen LogP contribution in [0.2, 0.25) is 0 Å².